The van der Waals surface area contributed by atoms with E-state index in [1.165, 1.54) is 24.9 Å². The third-order valence-electron chi connectivity index (χ3n) is 3.53. The van der Waals surface area contributed by atoms with Gasteiger partial charge in [0.2, 0.25) is 0 Å². The van der Waals surface area contributed by atoms with E-state index >= 15 is 0 Å². The van der Waals surface area contributed by atoms with Crippen LogP contribution < -0.4 is 10.6 Å². The van der Waals surface area contributed by atoms with Crippen LogP contribution in [-0.2, 0) is 0 Å². The Kier molecular flexibility index (Phi) is 2.86. The van der Waals surface area contributed by atoms with Crippen molar-refractivity contribution in [3.63, 3.8) is 0 Å². The van der Waals surface area contributed by atoms with E-state index in [9.17, 15) is 0 Å². The Labute approximate surface area is 96.8 Å². The van der Waals surface area contributed by atoms with Crippen LogP contribution >= 0.6 is 0 Å². The van der Waals surface area contributed by atoms with E-state index in [1.54, 1.807) is 0 Å². The molecule has 1 aliphatic rings. The molecule has 0 radical (unpaired) electrons. The Morgan fingerprint density at radius 3 is 2.56 bits per heavy atom. The Bertz CT molecular complexity index is 408. The number of nitrogen functional groups attached to an aromatic ring is 1. The van der Waals surface area contributed by atoms with Gasteiger partial charge in [0.1, 0.15) is 5.84 Å². The van der Waals surface area contributed by atoms with Gasteiger partial charge in [-0.25, -0.2) is 0 Å². The predicted octanol–water partition coefficient (Wildman–Crippen LogP) is 2.27. The first-order valence-corrected chi connectivity index (χ1v) is 5.77. The lowest BCUT2D eigenvalue weighted by Gasteiger charge is -2.36. The van der Waals surface area contributed by atoms with Gasteiger partial charge in [-0.2, -0.15) is 0 Å². The fraction of sp³-hybridized carbons (Fsp3) is 0.462. The summed E-state index contributed by atoms with van der Waals surface area (Å²) in [5.41, 5.74) is 8.65. The van der Waals surface area contributed by atoms with Crippen molar-refractivity contribution in [3.8, 4) is 0 Å². The molecule has 1 aromatic rings. The standard InChI is InChI=1S/C13H19N3/c1-9-8-11(6-7-12(9)13(14)15)16(2)10-4-3-5-10/h6-8,10H,3-5H2,1-2H3,(H3,14,15). The molecular weight excluding hydrogens is 198 g/mol. The lowest BCUT2D eigenvalue weighted by molar-refractivity contribution is 0.401. The summed E-state index contributed by atoms with van der Waals surface area (Å²) in [6.07, 6.45) is 3.94. The summed E-state index contributed by atoms with van der Waals surface area (Å²) in [5.74, 6) is 0.148. The molecule has 1 fully saturated rings. The third kappa shape index (κ3) is 1.90. The highest BCUT2D eigenvalue weighted by Gasteiger charge is 2.22. The normalized spacial score (nSPS) is 15.6. The number of benzene rings is 1. The molecule has 0 amide bonds. The molecule has 0 saturated heterocycles. The maximum Gasteiger partial charge on any atom is 0.123 e. The molecule has 0 bridgehead atoms. The van der Waals surface area contributed by atoms with Crippen molar-refractivity contribution < 1.29 is 0 Å². The summed E-state index contributed by atoms with van der Waals surface area (Å²) in [6, 6.07) is 6.82. The van der Waals surface area contributed by atoms with Crippen molar-refractivity contribution in [1.29, 1.82) is 5.41 Å². The van der Waals surface area contributed by atoms with E-state index in [0.29, 0.717) is 6.04 Å². The zero-order chi connectivity index (χ0) is 11.7. The van der Waals surface area contributed by atoms with Crippen LogP contribution in [0.3, 0.4) is 0 Å². The van der Waals surface area contributed by atoms with Gasteiger partial charge in [-0.3, -0.25) is 5.41 Å². The monoisotopic (exact) mass is 217 g/mol. The molecule has 3 nitrogen and oxygen atoms in total. The average molecular weight is 217 g/mol. The van der Waals surface area contributed by atoms with Crippen molar-refractivity contribution in [2.75, 3.05) is 11.9 Å². The minimum atomic E-state index is 0.148. The van der Waals surface area contributed by atoms with Crippen LogP contribution in [0.15, 0.2) is 18.2 Å². The van der Waals surface area contributed by atoms with Gasteiger partial charge in [0.25, 0.3) is 0 Å². The van der Waals surface area contributed by atoms with E-state index in [4.69, 9.17) is 11.1 Å². The number of hydrogen-bond acceptors (Lipinski definition) is 2. The number of nitrogens with one attached hydrogen (secondary N) is 1. The van der Waals surface area contributed by atoms with Gasteiger partial charge in [-0.05, 0) is 49.9 Å². The van der Waals surface area contributed by atoms with Crippen LogP contribution in [0.2, 0.25) is 0 Å². The molecule has 1 aromatic carbocycles. The molecule has 0 aliphatic heterocycles. The fourth-order valence-electron chi connectivity index (χ4n) is 2.15. The molecule has 0 spiro atoms. The van der Waals surface area contributed by atoms with E-state index in [-0.39, 0.29) is 5.84 Å². The van der Waals surface area contributed by atoms with Crippen LogP contribution in [0.1, 0.15) is 30.4 Å². The topological polar surface area (TPSA) is 53.1 Å². The van der Waals surface area contributed by atoms with E-state index in [1.807, 2.05) is 13.0 Å². The number of anilines is 1. The van der Waals surface area contributed by atoms with Crippen molar-refractivity contribution >= 4 is 11.5 Å². The minimum absolute atomic E-state index is 0.148. The highest BCUT2D eigenvalue weighted by molar-refractivity contribution is 5.96. The zero-order valence-electron chi connectivity index (χ0n) is 9.96. The summed E-state index contributed by atoms with van der Waals surface area (Å²) in [7, 11) is 2.14. The molecule has 1 aliphatic carbocycles. The fourth-order valence-corrected chi connectivity index (χ4v) is 2.15. The van der Waals surface area contributed by atoms with E-state index in [0.717, 1.165) is 11.1 Å². The lowest BCUT2D eigenvalue weighted by Crippen LogP contribution is -2.37. The number of hydrogen-bond donors (Lipinski definition) is 2. The predicted molar refractivity (Wildman–Crippen MR) is 68.2 cm³/mol. The van der Waals surface area contributed by atoms with Gasteiger partial charge >= 0.3 is 0 Å². The number of nitrogens with two attached hydrogens (primary N) is 1. The van der Waals surface area contributed by atoms with Gasteiger partial charge in [-0.15, -0.1) is 0 Å². The highest BCUT2D eigenvalue weighted by atomic mass is 15.1. The van der Waals surface area contributed by atoms with Crippen LogP contribution in [-0.4, -0.2) is 18.9 Å². The number of amidine groups is 1. The first kappa shape index (κ1) is 11.0. The number of aryl methyl sites for hydroxylation is 1. The second-order valence-electron chi connectivity index (χ2n) is 4.61. The van der Waals surface area contributed by atoms with Crippen molar-refractivity contribution in [3.05, 3.63) is 29.3 Å². The molecule has 0 unspecified atom stereocenters. The van der Waals surface area contributed by atoms with Crippen molar-refractivity contribution in [2.24, 2.45) is 5.73 Å². The van der Waals surface area contributed by atoms with E-state index < -0.39 is 0 Å². The lowest BCUT2D eigenvalue weighted by atomic mass is 9.91. The van der Waals surface area contributed by atoms with Crippen LogP contribution in [0.5, 0.6) is 0 Å². The molecule has 0 atom stereocenters. The molecule has 86 valence electrons. The molecule has 0 aromatic heterocycles. The van der Waals surface area contributed by atoms with Gasteiger partial charge < -0.3 is 10.6 Å². The first-order chi connectivity index (χ1) is 7.59. The second kappa shape index (κ2) is 4.16. The van der Waals surface area contributed by atoms with Crippen LogP contribution in [0.25, 0.3) is 0 Å². The zero-order valence-corrected chi connectivity index (χ0v) is 9.96. The van der Waals surface area contributed by atoms with Crippen molar-refractivity contribution in [2.45, 2.75) is 32.2 Å². The van der Waals surface area contributed by atoms with Crippen molar-refractivity contribution in [1.82, 2.24) is 0 Å². The average Bonchev–Trinajstić information content (AvgIpc) is 2.14. The molecule has 1 saturated carbocycles. The minimum Gasteiger partial charge on any atom is -0.384 e. The molecule has 0 heterocycles. The third-order valence-corrected chi connectivity index (χ3v) is 3.53. The highest BCUT2D eigenvalue weighted by Crippen LogP contribution is 2.29. The molecule has 16 heavy (non-hydrogen) atoms. The van der Waals surface area contributed by atoms with Crippen LogP contribution in [0.4, 0.5) is 5.69 Å². The summed E-state index contributed by atoms with van der Waals surface area (Å²) in [5, 5.41) is 7.45. The summed E-state index contributed by atoms with van der Waals surface area (Å²) >= 11 is 0. The Balaban J connectivity index is 2.22. The first-order valence-electron chi connectivity index (χ1n) is 5.77. The van der Waals surface area contributed by atoms with Gasteiger partial charge in [0.05, 0.1) is 0 Å². The van der Waals surface area contributed by atoms with Gasteiger partial charge in [0.15, 0.2) is 0 Å². The Morgan fingerprint density at radius 1 is 1.44 bits per heavy atom. The maximum atomic E-state index is 7.45. The maximum absolute atomic E-state index is 7.45. The molecule has 3 N–H and O–H groups in total. The van der Waals surface area contributed by atoms with Crippen LogP contribution in [0, 0.1) is 12.3 Å². The molecular formula is C13H19N3. The second-order valence-corrected chi connectivity index (χ2v) is 4.61. The Morgan fingerprint density at radius 2 is 2.12 bits per heavy atom. The van der Waals surface area contributed by atoms with Gasteiger partial charge in [0, 0.05) is 24.3 Å². The smallest absolute Gasteiger partial charge is 0.123 e. The van der Waals surface area contributed by atoms with Gasteiger partial charge in [-0.1, -0.05) is 0 Å². The largest absolute Gasteiger partial charge is 0.384 e. The summed E-state index contributed by atoms with van der Waals surface area (Å²) in [4.78, 5) is 2.33. The molecule has 3 heteroatoms. The number of rotatable bonds is 3. The Hall–Kier alpha value is -1.51. The quantitative estimate of drug-likeness (QED) is 0.603. The number of nitrogens with zero attached hydrogens (tertiary/aromatic N) is 1. The van der Waals surface area contributed by atoms with E-state index in [2.05, 4.69) is 24.1 Å². The summed E-state index contributed by atoms with van der Waals surface area (Å²) in [6.45, 7) is 2.01. The SMILES string of the molecule is Cc1cc(N(C)C2CCC2)ccc1C(=N)N. The summed E-state index contributed by atoms with van der Waals surface area (Å²) < 4.78 is 0. The molecule has 2 rings (SSSR count).